The number of methoxy groups -OCH3 is 1. The van der Waals surface area contributed by atoms with Crippen LogP contribution in [0, 0.1) is 0 Å². The van der Waals surface area contributed by atoms with Crippen LogP contribution in [0.25, 0.3) is 0 Å². The Morgan fingerprint density at radius 3 is 2.53 bits per heavy atom. The summed E-state index contributed by atoms with van der Waals surface area (Å²) in [5.74, 6) is 0.885. The molecule has 0 radical (unpaired) electrons. The summed E-state index contributed by atoms with van der Waals surface area (Å²) in [6.07, 6.45) is 0.976. The molecule has 4 heteroatoms. The van der Waals surface area contributed by atoms with Gasteiger partial charge in [0.2, 0.25) is 0 Å². The van der Waals surface area contributed by atoms with E-state index in [0.717, 1.165) is 12.2 Å². The lowest BCUT2D eigenvalue weighted by Gasteiger charge is -2.21. The van der Waals surface area contributed by atoms with Crippen molar-refractivity contribution in [3.05, 3.63) is 46.7 Å². The highest BCUT2D eigenvalue weighted by Crippen LogP contribution is 2.39. The van der Waals surface area contributed by atoms with E-state index in [2.05, 4.69) is 35.9 Å². The first-order chi connectivity index (χ1) is 9.24. The Balaban J connectivity index is 2.15. The molecule has 102 valence electrons. The summed E-state index contributed by atoms with van der Waals surface area (Å²) in [6.45, 7) is 2.14. The fourth-order valence-corrected chi connectivity index (χ4v) is 3.87. The van der Waals surface area contributed by atoms with E-state index in [4.69, 9.17) is 10.5 Å². The van der Waals surface area contributed by atoms with E-state index in [1.807, 2.05) is 23.9 Å². The molecule has 1 heterocycles. The van der Waals surface area contributed by atoms with Gasteiger partial charge in [0.05, 0.1) is 12.4 Å². The van der Waals surface area contributed by atoms with Crippen molar-refractivity contribution in [1.29, 1.82) is 0 Å². The van der Waals surface area contributed by atoms with Gasteiger partial charge in [-0.2, -0.15) is 11.3 Å². The van der Waals surface area contributed by atoms with E-state index < -0.39 is 0 Å². The Labute approximate surface area is 123 Å². The van der Waals surface area contributed by atoms with Crippen molar-refractivity contribution in [2.75, 3.05) is 7.11 Å². The SMILES string of the molecule is CCC(N)C(Sc1ccc(OC)cc1)c1ccsc1. The van der Waals surface area contributed by atoms with Crippen molar-refractivity contribution >= 4 is 23.1 Å². The van der Waals surface area contributed by atoms with E-state index in [1.165, 1.54) is 10.5 Å². The fourth-order valence-electron chi connectivity index (χ4n) is 1.85. The third-order valence-electron chi connectivity index (χ3n) is 3.05. The van der Waals surface area contributed by atoms with Crippen molar-refractivity contribution < 1.29 is 4.74 Å². The van der Waals surface area contributed by atoms with Gasteiger partial charge in [-0.1, -0.05) is 6.92 Å². The molecule has 0 saturated heterocycles. The van der Waals surface area contributed by atoms with Gasteiger partial charge in [0.25, 0.3) is 0 Å². The molecule has 0 saturated carbocycles. The molecule has 2 unspecified atom stereocenters. The highest BCUT2D eigenvalue weighted by atomic mass is 32.2. The van der Waals surface area contributed by atoms with E-state index in [0.29, 0.717) is 5.25 Å². The van der Waals surface area contributed by atoms with E-state index in [9.17, 15) is 0 Å². The number of ether oxygens (including phenoxy) is 1. The molecule has 2 nitrogen and oxygen atoms in total. The van der Waals surface area contributed by atoms with Crippen LogP contribution < -0.4 is 10.5 Å². The fraction of sp³-hybridized carbons (Fsp3) is 0.333. The predicted molar refractivity (Wildman–Crippen MR) is 84.2 cm³/mol. The lowest BCUT2D eigenvalue weighted by atomic mass is 10.1. The van der Waals surface area contributed by atoms with Gasteiger partial charge in [0.1, 0.15) is 5.75 Å². The third kappa shape index (κ3) is 3.75. The van der Waals surface area contributed by atoms with Gasteiger partial charge in [-0.25, -0.2) is 0 Å². The largest absolute Gasteiger partial charge is 0.497 e. The lowest BCUT2D eigenvalue weighted by Crippen LogP contribution is -2.25. The molecule has 0 fully saturated rings. The minimum Gasteiger partial charge on any atom is -0.497 e. The van der Waals surface area contributed by atoms with Crippen LogP contribution in [-0.2, 0) is 0 Å². The van der Waals surface area contributed by atoms with Crippen molar-refractivity contribution in [2.24, 2.45) is 5.73 Å². The van der Waals surface area contributed by atoms with Gasteiger partial charge in [0, 0.05) is 10.9 Å². The molecule has 1 aromatic heterocycles. The zero-order valence-electron chi connectivity index (χ0n) is 11.2. The molecule has 1 aromatic carbocycles. The summed E-state index contributed by atoms with van der Waals surface area (Å²) in [5.41, 5.74) is 7.59. The van der Waals surface area contributed by atoms with Crippen LogP contribution in [0.3, 0.4) is 0 Å². The second-order valence-electron chi connectivity index (χ2n) is 4.34. The van der Waals surface area contributed by atoms with E-state index in [1.54, 1.807) is 18.4 Å². The Hall–Kier alpha value is -0.970. The highest BCUT2D eigenvalue weighted by molar-refractivity contribution is 7.99. The summed E-state index contributed by atoms with van der Waals surface area (Å²) in [4.78, 5) is 1.22. The molecular weight excluding hydrogens is 274 g/mol. The average Bonchev–Trinajstić information content (AvgIpc) is 2.98. The first-order valence-corrected chi connectivity index (χ1v) is 8.15. The molecule has 2 atom stereocenters. The van der Waals surface area contributed by atoms with Gasteiger partial charge in [-0.3, -0.25) is 0 Å². The van der Waals surface area contributed by atoms with Crippen LogP contribution in [0.15, 0.2) is 46.0 Å². The van der Waals surface area contributed by atoms with E-state index in [-0.39, 0.29) is 6.04 Å². The normalized spacial score (nSPS) is 14.1. The number of rotatable bonds is 6. The third-order valence-corrected chi connectivity index (χ3v) is 5.18. The van der Waals surface area contributed by atoms with Crippen LogP contribution >= 0.6 is 23.1 Å². The quantitative estimate of drug-likeness (QED) is 0.805. The molecule has 0 aliphatic carbocycles. The molecule has 0 aliphatic heterocycles. The second-order valence-corrected chi connectivity index (χ2v) is 6.34. The Bertz CT molecular complexity index is 481. The van der Waals surface area contributed by atoms with Gasteiger partial charge < -0.3 is 10.5 Å². The summed E-state index contributed by atoms with van der Waals surface area (Å²) >= 11 is 3.55. The first-order valence-electron chi connectivity index (χ1n) is 6.33. The van der Waals surface area contributed by atoms with Crippen LogP contribution in [-0.4, -0.2) is 13.2 Å². The Morgan fingerprint density at radius 2 is 2.00 bits per heavy atom. The summed E-state index contributed by atoms with van der Waals surface area (Å²) in [5, 5.41) is 4.61. The van der Waals surface area contributed by atoms with Gasteiger partial charge in [-0.15, -0.1) is 11.8 Å². The molecule has 0 spiro atoms. The van der Waals surface area contributed by atoms with Crippen molar-refractivity contribution in [3.8, 4) is 5.75 Å². The predicted octanol–water partition coefficient (Wildman–Crippen LogP) is 4.33. The van der Waals surface area contributed by atoms with Crippen LogP contribution in [0.5, 0.6) is 5.75 Å². The van der Waals surface area contributed by atoms with Crippen molar-refractivity contribution in [3.63, 3.8) is 0 Å². The summed E-state index contributed by atoms with van der Waals surface area (Å²) < 4.78 is 5.18. The van der Waals surface area contributed by atoms with Crippen molar-refractivity contribution in [2.45, 2.75) is 29.5 Å². The Kier molecular flexibility index (Phi) is 5.31. The lowest BCUT2D eigenvalue weighted by molar-refractivity contribution is 0.414. The summed E-state index contributed by atoms with van der Waals surface area (Å²) in [7, 11) is 1.68. The number of thioether (sulfide) groups is 1. The number of hydrogen-bond donors (Lipinski definition) is 1. The zero-order valence-corrected chi connectivity index (χ0v) is 12.8. The molecule has 2 rings (SSSR count). The molecule has 0 amide bonds. The van der Waals surface area contributed by atoms with Crippen LogP contribution in [0.4, 0.5) is 0 Å². The molecule has 0 aliphatic rings. The topological polar surface area (TPSA) is 35.2 Å². The molecule has 2 N–H and O–H groups in total. The number of nitrogens with two attached hydrogens (primary N) is 1. The van der Waals surface area contributed by atoms with Crippen LogP contribution in [0.1, 0.15) is 24.2 Å². The Morgan fingerprint density at radius 1 is 1.26 bits per heavy atom. The van der Waals surface area contributed by atoms with Gasteiger partial charge in [0.15, 0.2) is 0 Å². The summed E-state index contributed by atoms with van der Waals surface area (Å²) in [6, 6.07) is 10.5. The van der Waals surface area contributed by atoms with Crippen molar-refractivity contribution in [1.82, 2.24) is 0 Å². The minimum atomic E-state index is 0.168. The molecule has 19 heavy (non-hydrogen) atoms. The molecule has 0 bridgehead atoms. The minimum absolute atomic E-state index is 0.168. The smallest absolute Gasteiger partial charge is 0.118 e. The maximum atomic E-state index is 6.27. The van der Waals surface area contributed by atoms with E-state index >= 15 is 0 Å². The highest BCUT2D eigenvalue weighted by Gasteiger charge is 2.20. The molecule has 2 aromatic rings. The second kappa shape index (κ2) is 6.98. The maximum absolute atomic E-state index is 6.27. The number of hydrogen-bond acceptors (Lipinski definition) is 4. The van der Waals surface area contributed by atoms with Gasteiger partial charge in [-0.05, 0) is 53.1 Å². The monoisotopic (exact) mass is 293 g/mol. The number of benzene rings is 1. The van der Waals surface area contributed by atoms with Crippen LogP contribution in [0.2, 0.25) is 0 Å². The van der Waals surface area contributed by atoms with Gasteiger partial charge >= 0.3 is 0 Å². The number of thiophene rings is 1. The average molecular weight is 293 g/mol. The first kappa shape index (κ1) is 14.4. The standard InChI is InChI=1S/C15H19NOS2/c1-3-14(16)15(11-8-9-18-10-11)19-13-6-4-12(17-2)5-7-13/h4-10,14-15H,3,16H2,1-2H3. The zero-order chi connectivity index (χ0) is 13.7. The molecular formula is C15H19NOS2. The maximum Gasteiger partial charge on any atom is 0.118 e.